The molecule has 0 unspecified atom stereocenters. The summed E-state index contributed by atoms with van der Waals surface area (Å²) in [4.78, 5) is 5.86. The number of halogens is 2. The number of aromatic nitrogens is 1. The molecule has 94 valence electrons. The maximum Gasteiger partial charge on any atom is 0.126 e. The molecule has 5 heteroatoms. The van der Waals surface area contributed by atoms with Gasteiger partial charge in [-0.15, -0.1) is 11.3 Å². The van der Waals surface area contributed by atoms with E-state index in [1.807, 2.05) is 18.2 Å². The molecular weight excluding hydrogens is 287 g/mol. The van der Waals surface area contributed by atoms with Crippen LogP contribution in [0.4, 0.5) is 0 Å². The predicted molar refractivity (Wildman–Crippen MR) is 77.4 cm³/mol. The molecule has 2 N–H and O–H groups in total. The Morgan fingerprint density at radius 3 is 2.50 bits per heavy atom. The molecule has 1 aliphatic carbocycles. The summed E-state index contributed by atoms with van der Waals surface area (Å²) in [6.07, 6.45) is 2.43. The highest BCUT2D eigenvalue weighted by atomic mass is 35.5. The summed E-state index contributed by atoms with van der Waals surface area (Å²) >= 11 is 14.0. The molecule has 2 aromatic rings. The summed E-state index contributed by atoms with van der Waals surface area (Å²) < 4.78 is 0. The van der Waals surface area contributed by atoms with Crippen LogP contribution >= 0.6 is 34.5 Å². The molecule has 1 aromatic heterocycles. The Morgan fingerprint density at radius 2 is 1.94 bits per heavy atom. The Bertz CT molecular complexity index is 570. The molecule has 0 radical (unpaired) electrons. The highest BCUT2D eigenvalue weighted by Gasteiger charge is 2.29. The van der Waals surface area contributed by atoms with Crippen LogP contribution in [0.1, 0.15) is 29.3 Å². The molecular formula is C13H12Cl2N2S. The molecule has 1 heterocycles. The lowest BCUT2D eigenvalue weighted by Crippen LogP contribution is -1.96. The van der Waals surface area contributed by atoms with Crippen LogP contribution in [0.15, 0.2) is 18.2 Å². The van der Waals surface area contributed by atoms with Crippen molar-refractivity contribution in [1.82, 2.24) is 4.98 Å². The second-order valence-corrected chi connectivity index (χ2v) is 6.30. The summed E-state index contributed by atoms with van der Waals surface area (Å²) in [7, 11) is 0. The fraction of sp³-hybridized carbons (Fsp3) is 0.308. The van der Waals surface area contributed by atoms with E-state index in [9.17, 15) is 0 Å². The van der Waals surface area contributed by atoms with E-state index in [1.165, 1.54) is 12.8 Å². The lowest BCUT2D eigenvalue weighted by molar-refractivity contribution is 0.980. The normalized spacial score (nSPS) is 15.1. The van der Waals surface area contributed by atoms with Gasteiger partial charge in [-0.25, -0.2) is 4.98 Å². The van der Waals surface area contributed by atoms with Gasteiger partial charge in [0, 0.05) is 22.9 Å². The van der Waals surface area contributed by atoms with Gasteiger partial charge in [-0.05, 0) is 25.0 Å². The van der Waals surface area contributed by atoms with Gasteiger partial charge in [-0.1, -0.05) is 29.3 Å². The minimum atomic E-state index is 0.533. The number of thiazole rings is 1. The Labute approximate surface area is 120 Å². The highest BCUT2D eigenvalue weighted by Crippen LogP contribution is 2.45. The summed E-state index contributed by atoms with van der Waals surface area (Å²) in [5, 5.41) is 2.16. The summed E-state index contributed by atoms with van der Waals surface area (Å²) in [6.45, 7) is 0.533. The van der Waals surface area contributed by atoms with Crippen molar-refractivity contribution in [2.75, 3.05) is 0 Å². The van der Waals surface area contributed by atoms with Crippen molar-refractivity contribution in [3.8, 4) is 10.6 Å². The van der Waals surface area contributed by atoms with Crippen LogP contribution < -0.4 is 5.73 Å². The van der Waals surface area contributed by atoms with Gasteiger partial charge < -0.3 is 5.73 Å². The third-order valence-electron chi connectivity index (χ3n) is 3.05. The van der Waals surface area contributed by atoms with E-state index < -0.39 is 0 Å². The molecule has 1 aliphatic rings. The zero-order valence-electron chi connectivity index (χ0n) is 9.62. The number of nitrogens with zero attached hydrogens (tertiary/aromatic N) is 1. The molecule has 3 rings (SSSR count). The lowest BCUT2D eigenvalue weighted by Gasteiger charge is -2.02. The average Bonchev–Trinajstić information content (AvgIpc) is 3.10. The van der Waals surface area contributed by atoms with Crippen molar-refractivity contribution >= 4 is 34.5 Å². The van der Waals surface area contributed by atoms with Gasteiger partial charge in [0.2, 0.25) is 0 Å². The monoisotopic (exact) mass is 298 g/mol. The number of nitrogens with two attached hydrogens (primary N) is 1. The second-order valence-electron chi connectivity index (χ2n) is 4.40. The van der Waals surface area contributed by atoms with Crippen molar-refractivity contribution in [2.24, 2.45) is 5.73 Å². The summed E-state index contributed by atoms with van der Waals surface area (Å²) in [5.41, 5.74) is 7.76. The molecule has 2 nitrogen and oxygen atoms in total. The Balaban J connectivity index is 2.11. The first-order valence-electron chi connectivity index (χ1n) is 5.84. The van der Waals surface area contributed by atoms with Crippen LogP contribution in [0.5, 0.6) is 0 Å². The molecule has 1 saturated carbocycles. The lowest BCUT2D eigenvalue weighted by atomic mass is 10.2. The summed E-state index contributed by atoms with van der Waals surface area (Å²) in [5.74, 6) is 0.592. The van der Waals surface area contributed by atoms with Crippen molar-refractivity contribution in [3.63, 3.8) is 0 Å². The zero-order chi connectivity index (χ0) is 12.7. The molecule has 18 heavy (non-hydrogen) atoms. The number of hydrogen-bond donors (Lipinski definition) is 1. The second kappa shape index (κ2) is 4.82. The van der Waals surface area contributed by atoms with Crippen LogP contribution in [0, 0.1) is 0 Å². The molecule has 0 atom stereocenters. The molecule has 0 aliphatic heterocycles. The Kier molecular flexibility index (Phi) is 3.32. The fourth-order valence-electron chi connectivity index (χ4n) is 1.99. The first kappa shape index (κ1) is 12.4. The van der Waals surface area contributed by atoms with E-state index in [4.69, 9.17) is 33.9 Å². The smallest absolute Gasteiger partial charge is 0.126 e. The molecule has 0 saturated heterocycles. The largest absolute Gasteiger partial charge is 0.326 e. The van der Waals surface area contributed by atoms with Gasteiger partial charge in [0.25, 0.3) is 0 Å². The minimum Gasteiger partial charge on any atom is -0.326 e. The molecule has 1 fully saturated rings. The molecule has 0 amide bonds. The van der Waals surface area contributed by atoms with E-state index in [-0.39, 0.29) is 0 Å². The first-order chi connectivity index (χ1) is 8.70. The van der Waals surface area contributed by atoms with Crippen LogP contribution in [-0.2, 0) is 6.54 Å². The van der Waals surface area contributed by atoms with Gasteiger partial charge in [0.1, 0.15) is 5.01 Å². The van der Waals surface area contributed by atoms with Crippen LogP contribution in [0.25, 0.3) is 10.6 Å². The van der Waals surface area contributed by atoms with Crippen LogP contribution in [0.3, 0.4) is 0 Å². The van der Waals surface area contributed by atoms with Crippen LogP contribution in [-0.4, -0.2) is 4.98 Å². The summed E-state index contributed by atoms with van der Waals surface area (Å²) in [6, 6.07) is 5.51. The zero-order valence-corrected chi connectivity index (χ0v) is 11.9. The maximum absolute atomic E-state index is 6.22. The minimum absolute atomic E-state index is 0.533. The number of hydrogen-bond acceptors (Lipinski definition) is 3. The van der Waals surface area contributed by atoms with Crippen molar-refractivity contribution in [1.29, 1.82) is 0 Å². The van der Waals surface area contributed by atoms with Gasteiger partial charge in [-0.2, -0.15) is 0 Å². The van der Waals surface area contributed by atoms with E-state index in [0.29, 0.717) is 22.5 Å². The van der Waals surface area contributed by atoms with Gasteiger partial charge in [0.05, 0.1) is 15.7 Å². The molecule has 0 bridgehead atoms. The topological polar surface area (TPSA) is 38.9 Å². The van der Waals surface area contributed by atoms with E-state index in [0.717, 1.165) is 21.1 Å². The van der Waals surface area contributed by atoms with E-state index in [1.54, 1.807) is 11.3 Å². The third-order valence-corrected chi connectivity index (χ3v) is 4.79. The van der Waals surface area contributed by atoms with Gasteiger partial charge in [0.15, 0.2) is 0 Å². The standard InChI is InChI=1S/C13H12Cl2N2S/c14-8-2-1-3-9(15)11(8)13-17-12(7-4-5-7)10(6-16)18-13/h1-3,7H,4-6,16H2. The van der Waals surface area contributed by atoms with Crippen molar-refractivity contribution < 1.29 is 0 Å². The van der Waals surface area contributed by atoms with E-state index in [2.05, 4.69) is 0 Å². The predicted octanol–water partition coefficient (Wildman–Crippen LogP) is 4.45. The van der Waals surface area contributed by atoms with Crippen molar-refractivity contribution in [3.05, 3.63) is 38.8 Å². The fourth-order valence-corrected chi connectivity index (χ4v) is 3.78. The Hall–Kier alpha value is -0.610. The quantitative estimate of drug-likeness (QED) is 0.909. The highest BCUT2D eigenvalue weighted by molar-refractivity contribution is 7.15. The first-order valence-corrected chi connectivity index (χ1v) is 7.42. The number of rotatable bonds is 3. The average molecular weight is 299 g/mol. The number of benzene rings is 1. The molecule has 1 aromatic carbocycles. The molecule has 0 spiro atoms. The van der Waals surface area contributed by atoms with Gasteiger partial charge >= 0.3 is 0 Å². The SMILES string of the molecule is NCc1sc(-c2c(Cl)cccc2Cl)nc1C1CC1. The van der Waals surface area contributed by atoms with E-state index >= 15 is 0 Å². The maximum atomic E-state index is 6.22. The van der Waals surface area contributed by atoms with Gasteiger partial charge in [-0.3, -0.25) is 0 Å². The Morgan fingerprint density at radius 1 is 1.28 bits per heavy atom. The van der Waals surface area contributed by atoms with Crippen LogP contribution in [0.2, 0.25) is 10.0 Å². The van der Waals surface area contributed by atoms with Crippen molar-refractivity contribution in [2.45, 2.75) is 25.3 Å². The third kappa shape index (κ3) is 2.16.